The molecule has 18 heteroatoms. The van der Waals surface area contributed by atoms with E-state index in [4.69, 9.17) is 9.47 Å². The van der Waals surface area contributed by atoms with E-state index in [-0.39, 0.29) is 0 Å². The largest absolute Gasteiger partial charge is 0.394 e. The zero-order chi connectivity index (χ0) is 28.7. The van der Waals surface area contributed by atoms with E-state index in [1.807, 2.05) is 0 Å². The number of ether oxygens (including phenoxy) is 2. The monoisotopic (exact) mass is 574 g/mol. The van der Waals surface area contributed by atoms with Crippen LogP contribution in [0.15, 0.2) is 25.3 Å². The van der Waals surface area contributed by atoms with Crippen LogP contribution in [0.4, 0.5) is 11.6 Å². The summed E-state index contributed by atoms with van der Waals surface area (Å²) in [4.78, 5) is 25.7. The molecule has 2 aliphatic rings. The molecule has 6 rings (SSSR count). The number of nitrogens with one attached hydrogen (secondary N) is 2. The van der Waals surface area contributed by atoms with Crippen molar-refractivity contribution in [2.75, 3.05) is 36.9 Å². The van der Waals surface area contributed by atoms with Crippen molar-refractivity contribution in [3.63, 3.8) is 0 Å². The first kappa shape index (κ1) is 27.5. The Morgan fingerprint density at radius 3 is 1.46 bits per heavy atom. The zero-order valence-electron chi connectivity index (χ0n) is 21.5. The van der Waals surface area contributed by atoms with E-state index in [0.29, 0.717) is 53.5 Å². The number of aliphatic hydroxyl groups excluding tert-OH is 6. The van der Waals surface area contributed by atoms with Crippen LogP contribution in [0, 0.1) is 0 Å². The molecule has 0 aliphatic carbocycles. The van der Waals surface area contributed by atoms with Crippen molar-refractivity contribution in [2.24, 2.45) is 0 Å². The van der Waals surface area contributed by atoms with Gasteiger partial charge in [0.1, 0.15) is 49.3 Å². The summed E-state index contributed by atoms with van der Waals surface area (Å²) in [6, 6.07) is 0. The topological polar surface area (TPSA) is 251 Å². The van der Waals surface area contributed by atoms with Gasteiger partial charge in [0, 0.05) is 13.1 Å². The van der Waals surface area contributed by atoms with Crippen molar-refractivity contribution >= 4 is 34.0 Å². The summed E-state index contributed by atoms with van der Waals surface area (Å²) < 4.78 is 14.2. The minimum absolute atomic E-state index is 0.392. The zero-order valence-corrected chi connectivity index (χ0v) is 21.5. The predicted molar refractivity (Wildman–Crippen MR) is 138 cm³/mol. The Hall–Kier alpha value is -3.62. The first-order chi connectivity index (χ1) is 19.9. The Morgan fingerprint density at radius 1 is 0.634 bits per heavy atom. The first-order valence-electron chi connectivity index (χ1n) is 13.0. The van der Waals surface area contributed by atoms with Crippen LogP contribution in [0.25, 0.3) is 22.3 Å². The highest BCUT2D eigenvalue weighted by Crippen LogP contribution is 2.33. The van der Waals surface area contributed by atoms with Gasteiger partial charge in [-0.3, -0.25) is 9.13 Å². The second kappa shape index (κ2) is 11.3. The molecule has 0 unspecified atom stereocenters. The van der Waals surface area contributed by atoms with Gasteiger partial charge in [0.05, 0.1) is 25.9 Å². The number of hydrogen-bond donors (Lipinski definition) is 8. The van der Waals surface area contributed by atoms with Crippen LogP contribution in [0.3, 0.4) is 0 Å². The smallest absolute Gasteiger partial charge is 0.167 e. The van der Waals surface area contributed by atoms with Gasteiger partial charge in [0.15, 0.2) is 46.4 Å². The van der Waals surface area contributed by atoms with Gasteiger partial charge in [-0.2, -0.15) is 0 Å². The second-order valence-corrected chi connectivity index (χ2v) is 9.76. The molecule has 0 spiro atoms. The lowest BCUT2D eigenvalue weighted by atomic mass is 10.1. The van der Waals surface area contributed by atoms with Crippen molar-refractivity contribution < 1.29 is 40.1 Å². The second-order valence-electron chi connectivity index (χ2n) is 9.76. The van der Waals surface area contributed by atoms with Crippen LogP contribution >= 0.6 is 0 Å². The highest BCUT2D eigenvalue weighted by molar-refractivity contribution is 5.83. The molecule has 8 atom stereocenters. The molecule has 0 aromatic carbocycles. The van der Waals surface area contributed by atoms with Crippen LogP contribution in [-0.2, 0) is 9.47 Å². The van der Waals surface area contributed by atoms with Gasteiger partial charge in [-0.25, -0.2) is 29.9 Å². The Bertz CT molecular complexity index is 1390. The van der Waals surface area contributed by atoms with Crippen molar-refractivity contribution in [3.05, 3.63) is 25.3 Å². The van der Waals surface area contributed by atoms with Gasteiger partial charge in [-0.05, 0) is 6.42 Å². The van der Waals surface area contributed by atoms with E-state index >= 15 is 0 Å². The molecule has 220 valence electrons. The molecule has 2 aliphatic heterocycles. The number of rotatable bonds is 10. The summed E-state index contributed by atoms with van der Waals surface area (Å²) in [5.74, 6) is 0.948. The van der Waals surface area contributed by atoms with Crippen molar-refractivity contribution in [1.29, 1.82) is 0 Å². The molecule has 0 saturated carbocycles. The molecular weight excluding hydrogens is 544 g/mol. The fourth-order valence-corrected chi connectivity index (χ4v) is 5.06. The van der Waals surface area contributed by atoms with Crippen LogP contribution in [0.5, 0.6) is 0 Å². The van der Waals surface area contributed by atoms with Crippen LogP contribution < -0.4 is 10.6 Å². The van der Waals surface area contributed by atoms with Gasteiger partial charge < -0.3 is 50.7 Å². The molecule has 41 heavy (non-hydrogen) atoms. The van der Waals surface area contributed by atoms with Crippen LogP contribution in [0.2, 0.25) is 0 Å². The van der Waals surface area contributed by atoms with E-state index in [0.717, 1.165) is 0 Å². The van der Waals surface area contributed by atoms with Gasteiger partial charge in [-0.1, -0.05) is 0 Å². The van der Waals surface area contributed by atoms with Crippen molar-refractivity contribution in [1.82, 2.24) is 39.0 Å². The molecule has 2 saturated heterocycles. The lowest BCUT2D eigenvalue weighted by molar-refractivity contribution is -0.0511. The molecule has 4 aromatic heterocycles. The minimum atomic E-state index is -1.26. The molecule has 0 amide bonds. The number of hydrogen-bond acceptors (Lipinski definition) is 16. The van der Waals surface area contributed by atoms with Gasteiger partial charge in [-0.15, -0.1) is 0 Å². The molecule has 2 fully saturated rings. The van der Waals surface area contributed by atoms with Crippen LogP contribution in [0.1, 0.15) is 18.9 Å². The van der Waals surface area contributed by atoms with Gasteiger partial charge >= 0.3 is 0 Å². The minimum Gasteiger partial charge on any atom is -0.394 e. The number of aromatic nitrogens is 8. The molecular formula is C23H30N10O8. The van der Waals surface area contributed by atoms with Crippen LogP contribution in [-0.4, -0.2) is 133 Å². The SMILES string of the molecule is OC[C@H]1O[C@@H](n2cnc3c(NCCCNc4ncnc5c4ncn5[C@@H]4O[C@H](CO)[C@@H](O)[C@H]4O)ncnc32)[C@H](O)[C@@H]1O. The van der Waals surface area contributed by atoms with E-state index in [9.17, 15) is 30.6 Å². The standard InChI is InChI=1S/C23H30N10O8/c34-4-10-14(36)16(38)22(40-10)32-8-30-12-18(26-6-28-20(12)32)24-2-1-3-25-19-13-21(29-7-27-19)33(9-31-13)23-17(39)15(37)11(5-35)41-23/h6-11,14-17,22-23,34-39H,1-5H2,(H,24,26,28)(H,25,27,29)/t10-,11-,14-,15-,16-,17-,22-,23-/m1/s1. The average molecular weight is 575 g/mol. The summed E-state index contributed by atoms with van der Waals surface area (Å²) in [6.45, 7) is 0.135. The molecule has 0 radical (unpaired) electrons. The Labute approximate surface area is 231 Å². The Morgan fingerprint density at radius 2 is 1.07 bits per heavy atom. The molecule has 4 aromatic rings. The highest BCUT2D eigenvalue weighted by atomic mass is 16.6. The summed E-state index contributed by atoms with van der Waals surface area (Å²) in [7, 11) is 0. The maximum atomic E-state index is 10.4. The average Bonchev–Trinajstić information content (AvgIpc) is 3.74. The quantitative estimate of drug-likeness (QED) is 0.0884. The number of anilines is 2. The number of imidazole rings is 2. The number of aliphatic hydroxyl groups is 6. The van der Waals surface area contributed by atoms with E-state index in [1.165, 1.54) is 34.4 Å². The van der Waals surface area contributed by atoms with Crippen molar-refractivity contribution in [3.8, 4) is 0 Å². The summed E-state index contributed by atoms with van der Waals surface area (Å²) in [5.41, 5.74) is 1.68. The lowest BCUT2D eigenvalue weighted by Gasteiger charge is -2.16. The third kappa shape index (κ3) is 4.83. The number of fused-ring (bicyclic) bond motifs is 2. The summed E-state index contributed by atoms with van der Waals surface area (Å²) in [6.07, 6.45) is -2.55. The fraction of sp³-hybridized carbons (Fsp3) is 0.565. The summed E-state index contributed by atoms with van der Waals surface area (Å²) >= 11 is 0. The van der Waals surface area contributed by atoms with Crippen molar-refractivity contribution in [2.45, 2.75) is 55.5 Å². The third-order valence-electron chi connectivity index (χ3n) is 7.24. The van der Waals surface area contributed by atoms with Gasteiger partial charge in [0.2, 0.25) is 0 Å². The lowest BCUT2D eigenvalue weighted by Crippen LogP contribution is -2.33. The maximum Gasteiger partial charge on any atom is 0.167 e. The summed E-state index contributed by atoms with van der Waals surface area (Å²) in [5, 5.41) is 66.1. The Kier molecular flexibility index (Phi) is 7.62. The number of nitrogens with zero attached hydrogens (tertiary/aromatic N) is 8. The predicted octanol–water partition coefficient (Wildman–Crippen LogP) is -2.90. The molecule has 6 heterocycles. The molecule has 18 nitrogen and oxygen atoms in total. The third-order valence-corrected chi connectivity index (χ3v) is 7.24. The molecule has 8 N–H and O–H groups in total. The highest BCUT2D eigenvalue weighted by Gasteiger charge is 2.45. The van der Waals surface area contributed by atoms with E-state index in [1.54, 1.807) is 0 Å². The van der Waals surface area contributed by atoms with Gasteiger partial charge in [0.25, 0.3) is 0 Å². The van der Waals surface area contributed by atoms with E-state index in [2.05, 4.69) is 40.5 Å². The first-order valence-corrected chi connectivity index (χ1v) is 13.0. The maximum absolute atomic E-state index is 10.4. The molecule has 0 bridgehead atoms. The Balaban J connectivity index is 1.08. The fourth-order valence-electron chi connectivity index (χ4n) is 5.06. The van der Waals surface area contributed by atoms with E-state index < -0.39 is 62.3 Å². The normalized spacial score (nSPS) is 30.0.